The van der Waals surface area contributed by atoms with Gasteiger partial charge in [-0.15, -0.1) is 0 Å². The van der Waals surface area contributed by atoms with Crippen LogP contribution in [0.4, 0.5) is 15.0 Å². The Balaban J connectivity index is 1.45. The van der Waals surface area contributed by atoms with Crippen LogP contribution in [0.2, 0.25) is 23.2 Å². The summed E-state index contributed by atoms with van der Waals surface area (Å²) in [4.78, 5) is 20.8. The molecule has 1 aliphatic carbocycles. The second-order valence-corrected chi connectivity index (χ2v) is 16.4. The number of benzene rings is 1. The van der Waals surface area contributed by atoms with E-state index in [2.05, 4.69) is 62.1 Å². The molecule has 6 nitrogen and oxygen atoms in total. The lowest BCUT2D eigenvalue weighted by Gasteiger charge is -2.51. The van der Waals surface area contributed by atoms with E-state index in [1.807, 2.05) is 6.92 Å². The molecule has 3 aromatic rings. The van der Waals surface area contributed by atoms with Crippen LogP contribution in [0.25, 0.3) is 21.9 Å². The summed E-state index contributed by atoms with van der Waals surface area (Å²) in [7, 11) is -1.92. The molecule has 1 N–H and O–H groups in total. The summed E-state index contributed by atoms with van der Waals surface area (Å²) in [6.07, 6.45) is 5.03. The number of fused-ring (bicyclic) bond motifs is 1. The topological polar surface area (TPSA) is 73.3 Å². The lowest BCUT2D eigenvalue weighted by Crippen LogP contribution is -2.56. The Hall–Kier alpha value is -2.55. The summed E-state index contributed by atoms with van der Waals surface area (Å²) in [5, 5.41) is 3.82. The lowest BCUT2D eigenvalue weighted by atomic mass is 9.79. The van der Waals surface area contributed by atoms with Crippen LogP contribution in [0, 0.1) is 18.8 Å². The van der Waals surface area contributed by atoms with Gasteiger partial charge in [-0.1, -0.05) is 32.4 Å². The quantitative estimate of drug-likeness (QED) is 0.343. The van der Waals surface area contributed by atoms with Gasteiger partial charge in [0.1, 0.15) is 17.7 Å². The molecule has 1 aromatic carbocycles. The van der Waals surface area contributed by atoms with Gasteiger partial charge in [-0.2, -0.15) is 0 Å². The van der Waals surface area contributed by atoms with E-state index in [0.29, 0.717) is 34.7 Å². The maximum Gasteiger partial charge on any atom is 0.413 e. The maximum absolute atomic E-state index is 15.0. The highest BCUT2D eigenvalue weighted by Crippen LogP contribution is 2.46. The van der Waals surface area contributed by atoms with E-state index < -0.39 is 20.2 Å². The first-order valence-corrected chi connectivity index (χ1v) is 15.3. The average molecular weight is 529 g/mol. The highest BCUT2D eigenvalue weighted by Gasteiger charge is 2.50. The molecular formula is C27H32ClFN3O3Si. The number of carbonyl (C=O) groups excluding carboxylic acids is 1. The van der Waals surface area contributed by atoms with Gasteiger partial charge in [0.15, 0.2) is 8.32 Å². The number of aryl methyl sites for hydroxylation is 1. The number of halogens is 2. The lowest BCUT2D eigenvalue weighted by molar-refractivity contribution is -0.0911. The molecule has 1 saturated carbocycles. The minimum atomic E-state index is -1.92. The first kappa shape index (κ1) is 26.5. The zero-order chi connectivity index (χ0) is 26.5. The third-order valence-corrected chi connectivity index (χ3v) is 12.3. The minimum absolute atomic E-state index is 0.0390. The number of anilines is 1. The van der Waals surface area contributed by atoms with Gasteiger partial charge < -0.3 is 9.16 Å². The van der Waals surface area contributed by atoms with Crippen molar-refractivity contribution in [1.29, 1.82) is 0 Å². The molecule has 0 atom stereocenters. The number of aromatic nitrogens is 2. The van der Waals surface area contributed by atoms with Crippen LogP contribution in [-0.2, 0) is 9.16 Å². The number of nitrogens with one attached hydrogen (secondary N) is 1. The summed E-state index contributed by atoms with van der Waals surface area (Å²) < 4.78 is 27.2. The Morgan fingerprint density at radius 2 is 1.94 bits per heavy atom. The van der Waals surface area contributed by atoms with Crippen LogP contribution in [0.5, 0.6) is 0 Å². The molecule has 0 saturated heterocycles. The molecule has 2 heterocycles. The molecule has 0 spiro atoms. The zero-order valence-electron chi connectivity index (χ0n) is 21.8. The average Bonchev–Trinajstić information content (AvgIpc) is 2.74. The largest absolute Gasteiger partial charge is 0.446 e. The fourth-order valence-corrected chi connectivity index (χ4v) is 6.27. The number of carbonyl (C=O) groups is 1. The molecule has 0 unspecified atom stereocenters. The number of ether oxygens (including phenoxy) is 1. The molecule has 1 radical (unpaired) electrons. The van der Waals surface area contributed by atoms with Crippen molar-refractivity contribution in [2.24, 2.45) is 0 Å². The number of hydrogen-bond donors (Lipinski definition) is 1. The van der Waals surface area contributed by atoms with Gasteiger partial charge in [0.2, 0.25) is 0 Å². The van der Waals surface area contributed by atoms with Crippen LogP contribution >= 0.6 is 11.6 Å². The Morgan fingerprint density at radius 1 is 1.25 bits per heavy atom. The number of nitrogens with zero attached hydrogens (tertiary/aromatic N) is 2. The number of rotatable bonds is 5. The van der Waals surface area contributed by atoms with Crippen LogP contribution < -0.4 is 5.32 Å². The van der Waals surface area contributed by atoms with E-state index in [1.54, 1.807) is 18.3 Å². The Labute approximate surface area is 217 Å². The van der Waals surface area contributed by atoms with Crippen molar-refractivity contribution in [3.63, 3.8) is 0 Å². The summed E-state index contributed by atoms with van der Waals surface area (Å²) >= 11 is 6.32. The van der Waals surface area contributed by atoms with Crippen molar-refractivity contribution in [3.05, 3.63) is 53.2 Å². The second-order valence-electron chi connectivity index (χ2n) is 11.3. The van der Waals surface area contributed by atoms with Crippen molar-refractivity contribution >= 4 is 42.6 Å². The molecule has 9 heteroatoms. The van der Waals surface area contributed by atoms with E-state index in [9.17, 15) is 4.79 Å². The van der Waals surface area contributed by atoms with Crippen LogP contribution in [0.3, 0.4) is 0 Å². The van der Waals surface area contributed by atoms with Gasteiger partial charge in [-0.3, -0.25) is 10.3 Å². The van der Waals surface area contributed by atoms with Gasteiger partial charge in [0.05, 0.1) is 10.6 Å². The number of pyridine rings is 2. The molecule has 1 fully saturated rings. The normalized spacial score (nSPS) is 20.2. The Morgan fingerprint density at radius 3 is 2.58 bits per heavy atom. The smallest absolute Gasteiger partial charge is 0.413 e. The molecule has 4 rings (SSSR count). The standard InChI is InChI=1S/C27H32ClFN3O3Si/c1-16-8-9-30-14-20(16)19-10-17-11-22(31-15-21(17)23(28)24(19)29)32-25(33)34-18-12-27(5,13-18)35-36(6,7)26(2,3)4/h9-11,14-15,18H,12-13H2,1-7H3,(H,31,32,33). The highest BCUT2D eigenvalue weighted by atomic mass is 35.5. The van der Waals surface area contributed by atoms with Gasteiger partial charge in [0, 0.05) is 54.0 Å². The van der Waals surface area contributed by atoms with Crippen molar-refractivity contribution in [2.75, 3.05) is 5.32 Å². The molecule has 191 valence electrons. The summed E-state index contributed by atoms with van der Waals surface area (Å²) in [5.74, 6) is -0.265. The highest BCUT2D eigenvalue weighted by molar-refractivity contribution is 6.74. The molecular weight excluding hydrogens is 497 g/mol. The predicted octanol–water partition coefficient (Wildman–Crippen LogP) is 7.69. The van der Waals surface area contributed by atoms with Crippen LogP contribution in [0.1, 0.15) is 46.1 Å². The minimum Gasteiger partial charge on any atom is -0.446 e. The molecule has 0 bridgehead atoms. The van der Waals surface area contributed by atoms with Crippen LogP contribution in [0.15, 0.2) is 30.7 Å². The maximum atomic E-state index is 15.0. The van der Waals surface area contributed by atoms with E-state index in [-0.39, 0.29) is 27.6 Å². The van der Waals surface area contributed by atoms with Gasteiger partial charge in [-0.25, -0.2) is 14.2 Å². The summed E-state index contributed by atoms with van der Waals surface area (Å²) in [5.41, 5.74) is 1.37. The van der Waals surface area contributed by atoms with Crippen LogP contribution in [-0.4, -0.2) is 36.1 Å². The number of amides is 1. The van der Waals surface area contributed by atoms with E-state index in [0.717, 1.165) is 5.56 Å². The van der Waals surface area contributed by atoms with Gasteiger partial charge in [0.25, 0.3) is 0 Å². The first-order valence-electron chi connectivity index (χ1n) is 12.0. The monoisotopic (exact) mass is 528 g/mol. The second kappa shape index (κ2) is 9.39. The zero-order valence-corrected chi connectivity index (χ0v) is 23.5. The fraction of sp³-hybridized carbons (Fsp3) is 0.444. The SMILES string of the molecule is Cc1[c]cncc1-c1cc2cc(NC(=O)OC3CC(C)(O[Si](C)(C)C(C)(C)C)C3)ncc2c(Cl)c1F. The van der Waals surface area contributed by atoms with E-state index in [4.69, 9.17) is 20.8 Å². The fourth-order valence-electron chi connectivity index (χ4n) is 4.31. The Kier molecular flexibility index (Phi) is 6.92. The molecule has 36 heavy (non-hydrogen) atoms. The molecule has 1 aliphatic rings. The van der Waals surface area contributed by atoms with Crippen molar-refractivity contribution < 1.29 is 18.3 Å². The summed E-state index contributed by atoms with van der Waals surface area (Å²) in [6.45, 7) is 15.0. The summed E-state index contributed by atoms with van der Waals surface area (Å²) in [6, 6.07) is 6.29. The third-order valence-electron chi connectivity index (χ3n) is 7.29. The molecule has 2 aromatic heterocycles. The first-order chi connectivity index (χ1) is 16.7. The Bertz CT molecular complexity index is 1320. The predicted molar refractivity (Wildman–Crippen MR) is 143 cm³/mol. The van der Waals surface area contributed by atoms with Crippen molar-refractivity contribution in [2.45, 2.75) is 77.3 Å². The van der Waals surface area contributed by atoms with E-state index in [1.165, 1.54) is 12.4 Å². The van der Waals surface area contributed by atoms with Crippen molar-refractivity contribution in [3.8, 4) is 11.1 Å². The third kappa shape index (κ3) is 5.26. The van der Waals surface area contributed by atoms with Gasteiger partial charge in [-0.05, 0) is 55.1 Å². The van der Waals surface area contributed by atoms with E-state index >= 15 is 4.39 Å². The van der Waals surface area contributed by atoms with Gasteiger partial charge >= 0.3 is 6.09 Å². The molecule has 0 aliphatic heterocycles. The molecule has 1 amide bonds. The number of hydrogen-bond acceptors (Lipinski definition) is 5. The van der Waals surface area contributed by atoms with Crippen molar-refractivity contribution in [1.82, 2.24) is 9.97 Å².